The molecule has 1 rings (SSSR count). The van der Waals surface area contributed by atoms with Gasteiger partial charge >= 0.3 is 5.97 Å². The maximum atomic E-state index is 14.0. The monoisotopic (exact) mass is 292 g/mol. The Labute approximate surface area is 114 Å². The number of hydrogen-bond acceptors (Lipinski definition) is 5. The van der Waals surface area contributed by atoms with Crippen LogP contribution in [0.3, 0.4) is 0 Å². The van der Waals surface area contributed by atoms with Crippen LogP contribution in [-0.4, -0.2) is 36.0 Å². The Hall–Kier alpha value is -1.37. The van der Waals surface area contributed by atoms with Gasteiger partial charge in [-0.05, 0) is 19.1 Å². The minimum absolute atomic E-state index is 0.0247. The first-order valence-electron chi connectivity index (χ1n) is 5.48. The number of rotatable bonds is 5. The molecular weight excluding hydrogens is 279 g/mol. The first kappa shape index (κ1) is 15.7. The molecular formula is C12H14ClFO5. The Morgan fingerprint density at radius 2 is 2.11 bits per heavy atom. The van der Waals surface area contributed by atoms with Crippen LogP contribution in [0.15, 0.2) is 12.1 Å². The molecule has 19 heavy (non-hydrogen) atoms. The summed E-state index contributed by atoms with van der Waals surface area (Å²) in [5.74, 6) is -2.16. The predicted octanol–water partition coefficient (Wildman–Crippen LogP) is 1.45. The van der Waals surface area contributed by atoms with Crippen molar-refractivity contribution in [3.63, 3.8) is 0 Å². The van der Waals surface area contributed by atoms with E-state index in [1.54, 1.807) is 0 Å². The van der Waals surface area contributed by atoms with Crippen LogP contribution in [0.25, 0.3) is 0 Å². The van der Waals surface area contributed by atoms with Gasteiger partial charge in [-0.2, -0.15) is 0 Å². The third kappa shape index (κ3) is 3.34. The Balaban J connectivity index is 3.11. The highest BCUT2D eigenvalue weighted by molar-refractivity contribution is 6.31. The van der Waals surface area contributed by atoms with E-state index in [1.807, 2.05) is 0 Å². The van der Waals surface area contributed by atoms with Crippen LogP contribution in [0.2, 0.25) is 5.02 Å². The lowest BCUT2D eigenvalue weighted by molar-refractivity contribution is -0.159. The quantitative estimate of drug-likeness (QED) is 0.803. The van der Waals surface area contributed by atoms with Crippen LogP contribution in [0, 0.1) is 5.82 Å². The molecule has 0 aromatic heterocycles. The van der Waals surface area contributed by atoms with Crippen LogP contribution in [0.4, 0.5) is 4.39 Å². The van der Waals surface area contributed by atoms with Crippen molar-refractivity contribution in [2.24, 2.45) is 0 Å². The number of hydrogen-bond donors (Lipinski definition) is 2. The zero-order valence-electron chi connectivity index (χ0n) is 10.4. The Morgan fingerprint density at radius 1 is 1.47 bits per heavy atom. The van der Waals surface area contributed by atoms with E-state index >= 15 is 0 Å². The van der Waals surface area contributed by atoms with Gasteiger partial charge in [-0.1, -0.05) is 11.6 Å². The summed E-state index contributed by atoms with van der Waals surface area (Å²) in [6, 6.07) is 2.56. The number of esters is 1. The second kappa shape index (κ2) is 6.70. The van der Waals surface area contributed by atoms with Gasteiger partial charge in [-0.25, -0.2) is 9.18 Å². The number of carbonyl (C=O) groups is 1. The lowest BCUT2D eigenvalue weighted by Gasteiger charge is -2.19. The van der Waals surface area contributed by atoms with E-state index < -0.39 is 29.6 Å². The van der Waals surface area contributed by atoms with E-state index in [1.165, 1.54) is 26.2 Å². The molecule has 1 aromatic rings. The molecule has 0 saturated carbocycles. The standard InChI is InChI=1S/C12H14ClFO5/c1-3-19-12(17)11(16)10(15)8-6(13)4-5-7(18-2)9(8)14/h4-5,10-11,15-16H,3H2,1-2H3. The Bertz CT molecular complexity index is 466. The van der Waals surface area contributed by atoms with Crippen molar-refractivity contribution in [2.75, 3.05) is 13.7 Å². The van der Waals surface area contributed by atoms with Crippen LogP contribution in [0.5, 0.6) is 5.75 Å². The minimum Gasteiger partial charge on any atom is -0.494 e. The van der Waals surface area contributed by atoms with Crippen molar-refractivity contribution in [1.82, 2.24) is 0 Å². The maximum absolute atomic E-state index is 14.0. The molecule has 0 amide bonds. The number of benzene rings is 1. The van der Waals surface area contributed by atoms with Gasteiger partial charge in [0, 0.05) is 10.6 Å². The van der Waals surface area contributed by atoms with Crippen molar-refractivity contribution in [1.29, 1.82) is 0 Å². The number of aliphatic hydroxyl groups is 2. The van der Waals surface area contributed by atoms with Crippen LogP contribution in [0.1, 0.15) is 18.6 Å². The summed E-state index contributed by atoms with van der Waals surface area (Å²) in [6.45, 7) is 1.56. The molecule has 7 heteroatoms. The van der Waals surface area contributed by atoms with E-state index in [4.69, 9.17) is 16.3 Å². The molecule has 2 unspecified atom stereocenters. The third-order valence-electron chi connectivity index (χ3n) is 2.43. The van der Waals surface area contributed by atoms with Gasteiger partial charge in [0.25, 0.3) is 0 Å². The highest BCUT2D eigenvalue weighted by Gasteiger charge is 2.31. The van der Waals surface area contributed by atoms with Crippen molar-refractivity contribution >= 4 is 17.6 Å². The average molecular weight is 293 g/mol. The number of aliphatic hydroxyl groups excluding tert-OH is 2. The molecule has 106 valence electrons. The third-order valence-corrected chi connectivity index (χ3v) is 2.76. The summed E-state index contributed by atoms with van der Waals surface area (Å²) in [5, 5.41) is 19.3. The van der Waals surface area contributed by atoms with Gasteiger partial charge in [-0.15, -0.1) is 0 Å². The first-order chi connectivity index (χ1) is 8.93. The van der Waals surface area contributed by atoms with Gasteiger partial charge in [0.05, 0.1) is 13.7 Å². The molecule has 0 spiro atoms. The topological polar surface area (TPSA) is 76.0 Å². The second-order valence-corrected chi connectivity index (χ2v) is 4.03. The average Bonchev–Trinajstić information content (AvgIpc) is 2.38. The molecule has 0 bridgehead atoms. The normalized spacial score (nSPS) is 13.8. The van der Waals surface area contributed by atoms with Gasteiger partial charge < -0.3 is 19.7 Å². The number of halogens is 2. The highest BCUT2D eigenvalue weighted by Crippen LogP contribution is 2.33. The number of methoxy groups -OCH3 is 1. The number of carbonyl (C=O) groups excluding carboxylic acids is 1. The summed E-state index contributed by atoms with van der Waals surface area (Å²) >= 11 is 5.76. The van der Waals surface area contributed by atoms with Crippen LogP contribution >= 0.6 is 11.6 Å². The lowest BCUT2D eigenvalue weighted by atomic mass is 10.0. The van der Waals surface area contributed by atoms with E-state index in [-0.39, 0.29) is 17.4 Å². The van der Waals surface area contributed by atoms with Crippen molar-refractivity contribution in [3.8, 4) is 5.75 Å². The van der Waals surface area contributed by atoms with Crippen LogP contribution in [-0.2, 0) is 9.53 Å². The van der Waals surface area contributed by atoms with Crippen LogP contribution < -0.4 is 4.74 Å². The Morgan fingerprint density at radius 3 is 2.63 bits per heavy atom. The van der Waals surface area contributed by atoms with E-state index in [0.717, 1.165) is 0 Å². The molecule has 0 heterocycles. The lowest BCUT2D eigenvalue weighted by Crippen LogP contribution is -2.30. The fourth-order valence-electron chi connectivity index (χ4n) is 1.49. The van der Waals surface area contributed by atoms with Crippen molar-refractivity contribution in [3.05, 3.63) is 28.5 Å². The van der Waals surface area contributed by atoms with Gasteiger partial charge in [0.1, 0.15) is 6.10 Å². The SMILES string of the molecule is CCOC(=O)C(O)C(O)c1c(Cl)ccc(OC)c1F. The van der Waals surface area contributed by atoms with Gasteiger partial charge in [0.2, 0.25) is 0 Å². The molecule has 0 saturated heterocycles. The van der Waals surface area contributed by atoms with Gasteiger partial charge in [-0.3, -0.25) is 0 Å². The molecule has 0 aliphatic heterocycles. The molecule has 0 radical (unpaired) electrons. The van der Waals surface area contributed by atoms with E-state index in [9.17, 15) is 19.4 Å². The van der Waals surface area contributed by atoms with Crippen molar-refractivity contribution in [2.45, 2.75) is 19.1 Å². The Kier molecular flexibility index (Phi) is 5.53. The molecule has 0 aliphatic carbocycles. The first-order valence-corrected chi connectivity index (χ1v) is 5.86. The summed E-state index contributed by atoms with van der Waals surface area (Å²) in [6.07, 6.45) is -3.78. The fraction of sp³-hybridized carbons (Fsp3) is 0.417. The van der Waals surface area contributed by atoms with Crippen molar-refractivity contribution < 1.29 is 28.9 Å². The maximum Gasteiger partial charge on any atom is 0.338 e. The fourth-order valence-corrected chi connectivity index (χ4v) is 1.75. The van der Waals surface area contributed by atoms with Gasteiger partial charge in [0.15, 0.2) is 17.7 Å². The number of ether oxygens (including phenoxy) is 2. The largest absolute Gasteiger partial charge is 0.494 e. The summed E-state index contributed by atoms with van der Waals surface area (Å²) in [5.41, 5.74) is -0.415. The summed E-state index contributed by atoms with van der Waals surface area (Å²) in [4.78, 5) is 11.3. The molecule has 5 nitrogen and oxygen atoms in total. The summed E-state index contributed by atoms with van der Waals surface area (Å²) in [7, 11) is 1.24. The predicted molar refractivity (Wildman–Crippen MR) is 65.6 cm³/mol. The second-order valence-electron chi connectivity index (χ2n) is 3.62. The molecule has 0 aliphatic rings. The van der Waals surface area contributed by atoms with E-state index in [2.05, 4.69) is 4.74 Å². The minimum atomic E-state index is -1.93. The zero-order chi connectivity index (χ0) is 14.6. The highest BCUT2D eigenvalue weighted by atomic mass is 35.5. The van der Waals surface area contributed by atoms with E-state index in [0.29, 0.717) is 0 Å². The zero-order valence-corrected chi connectivity index (χ0v) is 11.1. The summed E-state index contributed by atoms with van der Waals surface area (Å²) < 4.78 is 23.2. The smallest absolute Gasteiger partial charge is 0.338 e. The molecule has 2 N–H and O–H groups in total. The molecule has 2 atom stereocenters. The molecule has 0 fully saturated rings. The molecule has 1 aromatic carbocycles.